The topological polar surface area (TPSA) is 37.4 Å². The Morgan fingerprint density at radius 3 is 2.14 bits per heavy atom. The van der Waals surface area contributed by atoms with Crippen LogP contribution in [0.5, 0.6) is 0 Å². The van der Waals surface area contributed by atoms with E-state index in [4.69, 9.17) is 0 Å². The predicted molar refractivity (Wildman–Crippen MR) is 106 cm³/mol. The van der Waals surface area contributed by atoms with Gasteiger partial charge in [-0.1, -0.05) is 60.2 Å². The molecule has 0 aliphatic carbocycles. The molecular weight excluding hydrogens is 380 g/mol. The summed E-state index contributed by atoms with van der Waals surface area (Å²) < 4.78 is 55.2. The van der Waals surface area contributed by atoms with Gasteiger partial charge < -0.3 is 0 Å². The van der Waals surface area contributed by atoms with Gasteiger partial charge in [-0.15, -0.1) is 0 Å². The lowest BCUT2D eigenvalue weighted by molar-refractivity contribution is 0.384. The molecule has 28 heavy (non-hydrogen) atoms. The minimum absolute atomic E-state index is 0.00307. The van der Waals surface area contributed by atoms with Gasteiger partial charge in [0.25, 0.3) is 10.0 Å². The molecule has 0 fully saturated rings. The fraction of sp³-hybridized carbons (Fsp3) is 0.0909. The molecule has 3 aromatic carbocycles. The molecule has 0 amide bonds. The van der Waals surface area contributed by atoms with Crippen LogP contribution in [0.3, 0.4) is 0 Å². The van der Waals surface area contributed by atoms with Crippen molar-refractivity contribution in [1.29, 1.82) is 0 Å². The van der Waals surface area contributed by atoms with Crippen molar-refractivity contribution < 1.29 is 17.2 Å². The second-order valence-corrected chi connectivity index (χ2v) is 8.19. The molecule has 0 saturated heterocycles. The lowest BCUT2D eigenvalue weighted by Gasteiger charge is -2.23. The summed E-state index contributed by atoms with van der Waals surface area (Å²) in [5.41, 5.74) is 1.90. The van der Waals surface area contributed by atoms with Gasteiger partial charge in [-0.2, -0.15) is 4.39 Å². The van der Waals surface area contributed by atoms with Crippen LogP contribution >= 0.6 is 0 Å². The minimum Gasteiger partial charge on any atom is -0.237 e. The summed E-state index contributed by atoms with van der Waals surface area (Å²) in [6, 6.07) is 20.1. The average Bonchev–Trinajstić information content (AvgIpc) is 2.69. The van der Waals surface area contributed by atoms with E-state index in [9.17, 15) is 12.8 Å². The highest BCUT2D eigenvalue weighted by Crippen LogP contribution is 2.25. The van der Waals surface area contributed by atoms with Crippen LogP contribution in [-0.2, 0) is 16.6 Å². The Morgan fingerprint density at radius 1 is 0.929 bits per heavy atom. The molecule has 6 heteroatoms. The Labute approximate surface area is 163 Å². The Balaban J connectivity index is 2.03. The minimum atomic E-state index is -4.13. The molecule has 3 aromatic rings. The van der Waals surface area contributed by atoms with Crippen LogP contribution in [0.1, 0.15) is 16.7 Å². The van der Waals surface area contributed by atoms with E-state index in [2.05, 4.69) is 0 Å². The molecule has 0 N–H and O–H groups in total. The van der Waals surface area contributed by atoms with Gasteiger partial charge in [-0.25, -0.2) is 17.1 Å². The lowest BCUT2D eigenvalue weighted by atomic mass is 10.2. The maximum Gasteiger partial charge on any atom is 0.266 e. The average molecular weight is 399 g/mol. The molecule has 0 aromatic heterocycles. The van der Waals surface area contributed by atoms with Gasteiger partial charge in [0.15, 0.2) is 0 Å². The van der Waals surface area contributed by atoms with Gasteiger partial charge >= 0.3 is 0 Å². The predicted octanol–water partition coefficient (Wildman–Crippen LogP) is 5.29. The monoisotopic (exact) mass is 399 g/mol. The fourth-order valence-electron chi connectivity index (χ4n) is 2.63. The van der Waals surface area contributed by atoms with Crippen LogP contribution in [0.2, 0.25) is 0 Å². The van der Waals surface area contributed by atoms with Crippen molar-refractivity contribution in [3.05, 3.63) is 107 Å². The molecule has 0 bridgehead atoms. The van der Waals surface area contributed by atoms with E-state index in [-0.39, 0.29) is 11.4 Å². The van der Waals surface area contributed by atoms with Crippen molar-refractivity contribution in [2.45, 2.75) is 18.4 Å². The van der Waals surface area contributed by atoms with Gasteiger partial charge in [0.2, 0.25) is 5.95 Å². The van der Waals surface area contributed by atoms with Crippen molar-refractivity contribution in [2.24, 2.45) is 0 Å². The summed E-state index contributed by atoms with van der Waals surface area (Å²) in [7, 11) is -4.13. The molecule has 3 rings (SSSR count). The standard InChI is InChI=1S/C22H19F2NO2S/c1-17-7-13-21(14-8-17)28(26,27)25(16-19-5-3-2-4-6-19)22(24)15-18-9-11-20(23)12-10-18/h2-15H,16H2,1H3/b22-15-. The number of aryl methyl sites for hydroxylation is 1. The zero-order valence-electron chi connectivity index (χ0n) is 15.2. The molecule has 3 nitrogen and oxygen atoms in total. The van der Waals surface area contributed by atoms with Crippen LogP contribution in [0, 0.1) is 12.7 Å². The van der Waals surface area contributed by atoms with E-state index < -0.39 is 21.8 Å². The first kappa shape index (κ1) is 19.8. The molecule has 0 atom stereocenters. The first-order valence-electron chi connectivity index (χ1n) is 8.62. The zero-order chi connectivity index (χ0) is 20.1. The normalized spacial score (nSPS) is 12.0. The van der Waals surface area contributed by atoms with Crippen LogP contribution in [0.15, 0.2) is 89.7 Å². The number of hydrogen-bond donors (Lipinski definition) is 0. The number of rotatable bonds is 6. The summed E-state index contributed by atoms with van der Waals surface area (Å²) in [5, 5.41) is 0. The van der Waals surface area contributed by atoms with Crippen LogP contribution < -0.4 is 0 Å². The molecule has 0 unspecified atom stereocenters. The van der Waals surface area contributed by atoms with Crippen molar-refractivity contribution in [1.82, 2.24) is 4.31 Å². The van der Waals surface area contributed by atoms with E-state index in [1.807, 2.05) is 6.92 Å². The second-order valence-electron chi connectivity index (χ2n) is 6.33. The number of nitrogens with zero attached hydrogens (tertiary/aromatic N) is 1. The second kappa shape index (κ2) is 8.35. The van der Waals surface area contributed by atoms with Crippen molar-refractivity contribution >= 4 is 16.1 Å². The third kappa shape index (κ3) is 4.64. The van der Waals surface area contributed by atoms with Crippen molar-refractivity contribution in [3.63, 3.8) is 0 Å². The van der Waals surface area contributed by atoms with Crippen LogP contribution in [0.4, 0.5) is 8.78 Å². The van der Waals surface area contributed by atoms with E-state index in [0.717, 1.165) is 15.9 Å². The number of benzene rings is 3. The van der Waals surface area contributed by atoms with E-state index in [0.29, 0.717) is 11.1 Å². The Hall–Kier alpha value is -2.99. The summed E-state index contributed by atoms with van der Waals surface area (Å²) in [4.78, 5) is -0.00307. The maximum absolute atomic E-state index is 15.1. The SMILES string of the molecule is Cc1ccc(S(=O)(=O)N(Cc2ccccc2)/C(F)=C\c2ccc(F)cc2)cc1. The highest BCUT2D eigenvalue weighted by molar-refractivity contribution is 7.89. The van der Waals surface area contributed by atoms with Gasteiger partial charge in [-0.3, -0.25) is 0 Å². The fourth-order valence-corrected chi connectivity index (χ4v) is 3.97. The zero-order valence-corrected chi connectivity index (χ0v) is 16.0. The molecule has 0 aliphatic heterocycles. The molecule has 144 valence electrons. The third-order valence-electron chi connectivity index (χ3n) is 4.17. The maximum atomic E-state index is 15.1. The molecular formula is C22H19F2NO2S. The van der Waals surface area contributed by atoms with Crippen LogP contribution in [-0.4, -0.2) is 12.7 Å². The number of halogens is 2. The Morgan fingerprint density at radius 2 is 1.54 bits per heavy atom. The smallest absolute Gasteiger partial charge is 0.237 e. The summed E-state index contributed by atoms with van der Waals surface area (Å²) in [6.45, 7) is 1.67. The first-order valence-corrected chi connectivity index (χ1v) is 10.1. The van der Waals surface area contributed by atoms with Gasteiger partial charge in [-0.05, 0) is 48.4 Å². The van der Waals surface area contributed by atoms with E-state index >= 15 is 4.39 Å². The van der Waals surface area contributed by atoms with Crippen LogP contribution in [0.25, 0.3) is 6.08 Å². The van der Waals surface area contributed by atoms with E-state index in [1.165, 1.54) is 36.4 Å². The molecule has 0 saturated carbocycles. The number of sulfonamides is 1. The highest BCUT2D eigenvalue weighted by Gasteiger charge is 2.27. The molecule has 0 spiro atoms. The lowest BCUT2D eigenvalue weighted by Crippen LogP contribution is -2.28. The van der Waals surface area contributed by atoms with Crippen molar-refractivity contribution in [2.75, 3.05) is 0 Å². The highest BCUT2D eigenvalue weighted by atomic mass is 32.2. The molecule has 0 radical (unpaired) electrons. The summed E-state index contributed by atoms with van der Waals surface area (Å²) in [5.74, 6) is -1.40. The molecule has 0 aliphatic rings. The molecule has 0 heterocycles. The number of hydrogen-bond acceptors (Lipinski definition) is 2. The van der Waals surface area contributed by atoms with Crippen molar-refractivity contribution in [3.8, 4) is 0 Å². The Kier molecular flexibility index (Phi) is 5.90. The van der Waals surface area contributed by atoms with Gasteiger partial charge in [0.1, 0.15) is 5.82 Å². The third-order valence-corrected chi connectivity index (χ3v) is 5.92. The van der Waals surface area contributed by atoms with Gasteiger partial charge in [0, 0.05) is 0 Å². The van der Waals surface area contributed by atoms with Gasteiger partial charge in [0.05, 0.1) is 11.4 Å². The summed E-state index contributed by atoms with van der Waals surface area (Å²) in [6.07, 6.45) is 1.08. The Bertz CT molecular complexity index is 1060. The van der Waals surface area contributed by atoms with E-state index in [1.54, 1.807) is 42.5 Å². The largest absolute Gasteiger partial charge is 0.266 e. The first-order chi connectivity index (χ1) is 13.4. The summed E-state index contributed by atoms with van der Waals surface area (Å²) >= 11 is 0. The quantitative estimate of drug-likeness (QED) is 0.528.